The number of benzene rings is 1. The van der Waals surface area contributed by atoms with Crippen LogP contribution in [0, 0.1) is 0 Å². The predicted octanol–water partition coefficient (Wildman–Crippen LogP) is 3.25. The molecule has 2 fully saturated rings. The van der Waals surface area contributed by atoms with E-state index in [4.69, 9.17) is 4.74 Å². The summed E-state index contributed by atoms with van der Waals surface area (Å²) in [5.41, 5.74) is 0. The van der Waals surface area contributed by atoms with E-state index < -0.39 is 0 Å². The van der Waals surface area contributed by atoms with Gasteiger partial charge in [-0.25, -0.2) is 0 Å². The van der Waals surface area contributed by atoms with Crippen molar-refractivity contribution in [3.8, 4) is 0 Å². The van der Waals surface area contributed by atoms with Crippen LogP contribution in [0.5, 0.6) is 0 Å². The number of ether oxygens (including phenoxy) is 1. The molecule has 114 valence electrons. The van der Waals surface area contributed by atoms with Crippen molar-refractivity contribution in [2.45, 2.75) is 29.1 Å². The topological polar surface area (TPSA) is 29.5 Å². The van der Waals surface area contributed by atoms with Crippen LogP contribution in [0.25, 0.3) is 0 Å². The fourth-order valence-corrected chi connectivity index (χ4v) is 4.85. The van der Waals surface area contributed by atoms with Gasteiger partial charge in [0.1, 0.15) is 4.93 Å². The molecular weight excluding hydrogens is 302 g/mol. The van der Waals surface area contributed by atoms with Gasteiger partial charge in [-0.2, -0.15) is 0 Å². The van der Waals surface area contributed by atoms with Gasteiger partial charge in [-0.05, 0) is 12.1 Å². The average molecular weight is 323 g/mol. The maximum Gasteiger partial charge on any atom is 0.223 e. The second-order valence-corrected chi connectivity index (χ2v) is 8.01. The minimum absolute atomic E-state index is 0.0234. The third kappa shape index (κ3) is 3.96. The number of hydrogen-bond acceptors (Lipinski definition) is 4. The van der Waals surface area contributed by atoms with Crippen LogP contribution in [0.1, 0.15) is 19.3 Å². The molecule has 0 bridgehead atoms. The summed E-state index contributed by atoms with van der Waals surface area (Å²) in [6, 6.07) is 10.3. The Balaban J connectivity index is 1.40. The quantitative estimate of drug-likeness (QED) is 0.796. The lowest BCUT2D eigenvalue weighted by atomic mass is 10.1. The van der Waals surface area contributed by atoms with Gasteiger partial charge in [-0.3, -0.25) is 4.79 Å². The number of rotatable bonds is 4. The Morgan fingerprint density at radius 1 is 1.29 bits per heavy atom. The Morgan fingerprint density at radius 3 is 2.71 bits per heavy atom. The van der Waals surface area contributed by atoms with Gasteiger partial charge < -0.3 is 9.64 Å². The van der Waals surface area contributed by atoms with E-state index >= 15 is 0 Å². The van der Waals surface area contributed by atoms with Crippen molar-refractivity contribution >= 4 is 29.4 Å². The Morgan fingerprint density at radius 2 is 2.05 bits per heavy atom. The molecule has 5 heteroatoms. The second kappa shape index (κ2) is 7.07. The van der Waals surface area contributed by atoms with Crippen molar-refractivity contribution in [1.29, 1.82) is 0 Å². The second-order valence-electron chi connectivity index (χ2n) is 5.40. The normalized spacial score (nSPS) is 20.9. The van der Waals surface area contributed by atoms with E-state index in [1.54, 1.807) is 11.8 Å². The highest BCUT2D eigenvalue weighted by molar-refractivity contribution is 8.00. The van der Waals surface area contributed by atoms with Gasteiger partial charge in [0.2, 0.25) is 5.91 Å². The summed E-state index contributed by atoms with van der Waals surface area (Å²) in [5, 5.41) is 0. The fourth-order valence-electron chi connectivity index (χ4n) is 2.81. The molecule has 0 N–H and O–H groups in total. The molecule has 3 rings (SSSR count). The lowest BCUT2D eigenvalue weighted by Gasteiger charge is -2.37. The van der Waals surface area contributed by atoms with Crippen molar-refractivity contribution in [2.75, 3.05) is 31.2 Å². The van der Waals surface area contributed by atoms with Gasteiger partial charge in [-0.1, -0.05) is 18.2 Å². The van der Waals surface area contributed by atoms with Crippen LogP contribution >= 0.6 is 23.5 Å². The number of piperidine rings is 1. The van der Waals surface area contributed by atoms with Crippen molar-refractivity contribution in [3.63, 3.8) is 0 Å². The van der Waals surface area contributed by atoms with Crippen LogP contribution in [-0.4, -0.2) is 46.9 Å². The van der Waals surface area contributed by atoms with Crippen LogP contribution in [0.3, 0.4) is 0 Å². The molecule has 21 heavy (non-hydrogen) atoms. The van der Waals surface area contributed by atoms with Crippen molar-refractivity contribution < 1.29 is 9.53 Å². The number of likely N-dealkylation sites (tertiary alicyclic amines) is 1. The van der Waals surface area contributed by atoms with Crippen LogP contribution in [-0.2, 0) is 9.53 Å². The molecule has 0 saturated carbocycles. The Labute approximate surface area is 134 Å². The van der Waals surface area contributed by atoms with Gasteiger partial charge in [-0.15, -0.1) is 23.5 Å². The van der Waals surface area contributed by atoms with Gasteiger partial charge >= 0.3 is 0 Å². The largest absolute Gasteiger partial charge is 0.363 e. The number of thioether (sulfide) groups is 2. The Kier molecular flexibility index (Phi) is 5.14. The zero-order valence-electron chi connectivity index (χ0n) is 12.1. The van der Waals surface area contributed by atoms with Crippen molar-refractivity contribution in [3.05, 3.63) is 30.3 Å². The molecule has 1 spiro atoms. The van der Waals surface area contributed by atoms with Crippen molar-refractivity contribution in [2.24, 2.45) is 0 Å². The fraction of sp³-hybridized carbons (Fsp3) is 0.562. The molecule has 1 aromatic rings. The first-order chi connectivity index (χ1) is 10.3. The molecule has 1 aromatic carbocycles. The number of nitrogens with zero attached hydrogens (tertiary/aromatic N) is 1. The van der Waals surface area contributed by atoms with E-state index in [0.29, 0.717) is 6.42 Å². The SMILES string of the molecule is O=C(CCSc1ccccc1)N1CCC2(CC1)OCCS2. The third-order valence-corrected chi connectivity index (χ3v) is 6.46. The van der Waals surface area contributed by atoms with E-state index in [1.165, 1.54) is 4.90 Å². The van der Waals surface area contributed by atoms with E-state index in [-0.39, 0.29) is 10.8 Å². The summed E-state index contributed by atoms with van der Waals surface area (Å²) in [5.74, 6) is 2.24. The zero-order chi connectivity index (χ0) is 14.5. The molecule has 0 atom stereocenters. The summed E-state index contributed by atoms with van der Waals surface area (Å²) < 4.78 is 5.87. The van der Waals surface area contributed by atoms with E-state index in [2.05, 4.69) is 12.1 Å². The van der Waals surface area contributed by atoms with Gasteiger partial charge in [0.25, 0.3) is 0 Å². The molecule has 2 aliphatic rings. The molecule has 1 amide bonds. The van der Waals surface area contributed by atoms with Crippen LogP contribution in [0.2, 0.25) is 0 Å². The predicted molar refractivity (Wildman–Crippen MR) is 88.7 cm³/mol. The minimum atomic E-state index is 0.0234. The highest BCUT2D eigenvalue weighted by atomic mass is 32.2. The molecule has 2 aliphatic heterocycles. The highest BCUT2D eigenvalue weighted by Gasteiger charge is 2.39. The minimum Gasteiger partial charge on any atom is -0.363 e. The molecule has 0 aliphatic carbocycles. The summed E-state index contributed by atoms with van der Waals surface area (Å²) in [7, 11) is 0. The van der Waals surface area contributed by atoms with Crippen LogP contribution in [0.15, 0.2) is 35.2 Å². The smallest absolute Gasteiger partial charge is 0.223 e. The molecule has 0 aromatic heterocycles. The number of carbonyl (C=O) groups is 1. The summed E-state index contributed by atoms with van der Waals surface area (Å²) >= 11 is 3.69. The zero-order valence-corrected chi connectivity index (χ0v) is 13.8. The highest BCUT2D eigenvalue weighted by Crippen LogP contribution is 2.41. The molecular formula is C16H21NO2S2. The van der Waals surface area contributed by atoms with Gasteiger partial charge in [0, 0.05) is 48.8 Å². The summed E-state index contributed by atoms with van der Waals surface area (Å²) in [6.45, 7) is 2.57. The van der Waals surface area contributed by atoms with Gasteiger partial charge in [0.15, 0.2) is 0 Å². The third-order valence-electron chi connectivity index (χ3n) is 4.02. The van der Waals surface area contributed by atoms with Crippen LogP contribution in [0.4, 0.5) is 0 Å². The summed E-state index contributed by atoms with van der Waals surface area (Å²) in [6.07, 6.45) is 2.59. The Hall–Kier alpha value is -0.650. The first kappa shape index (κ1) is 15.3. The monoisotopic (exact) mass is 323 g/mol. The number of hydrogen-bond donors (Lipinski definition) is 0. The average Bonchev–Trinajstić information content (AvgIpc) is 2.97. The maximum atomic E-state index is 12.3. The molecule has 0 unspecified atom stereocenters. The maximum absolute atomic E-state index is 12.3. The standard InChI is InChI=1S/C16H21NO2S2/c18-15(6-12-20-14-4-2-1-3-5-14)17-9-7-16(8-10-17)19-11-13-21-16/h1-5H,6-13H2. The lowest BCUT2D eigenvalue weighted by molar-refractivity contribution is -0.133. The lowest BCUT2D eigenvalue weighted by Crippen LogP contribution is -2.45. The first-order valence-corrected chi connectivity index (χ1v) is 9.48. The molecule has 2 heterocycles. The van der Waals surface area contributed by atoms with Crippen molar-refractivity contribution in [1.82, 2.24) is 4.90 Å². The first-order valence-electron chi connectivity index (χ1n) is 7.51. The van der Waals surface area contributed by atoms with Gasteiger partial charge in [0.05, 0.1) is 6.61 Å². The molecule has 3 nitrogen and oxygen atoms in total. The molecule has 2 saturated heterocycles. The Bertz CT molecular complexity index is 464. The van der Waals surface area contributed by atoms with E-state index in [9.17, 15) is 4.79 Å². The van der Waals surface area contributed by atoms with E-state index in [1.807, 2.05) is 34.9 Å². The molecule has 0 radical (unpaired) electrons. The van der Waals surface area contributed by atoms with Crippen LogP contribution < -0.4 is 0 Å². The van der Waals surface area contributed by atoms with E-state index in [0.717, 1.165) is 44.0 Å². The number of carbonyl (C=O) groups excluding carboxylic acids is 1. The summed E-state index contributed by atoms with van der Waals surface area (Å²) in [4.78, 5) is 15.5. The number of amides is 1.